The second-order valence-corrected chi connectivity index (χ2v) is 9.00. The van der Waals surface area contributed by atoms with Crippen molar-refractivity contribution in [3.05, 3.63) is 65.7 Å². The molecule has 1 aliphatic rings. The van der Waals surface area contributed by atoms with E-state index < -0.39 is 18.6 Å². The molecule has 1 amide bonds. The first-order chi connectivity index (χ1) is 18.2. The van der Waals surface area contributed by atoms with Gasteiger partial charge in [0.1, 0.15) is 28.6 Å². The average molecular weight is 535 g/mol. The molecule has 204 valence electrons. The second-order valence-electron chi connectivity index (χ2n) is 9.00. The number of ether oxygens (including phenoxy) is 1. The Bertz CT molecular complexity index is 1210. The summed E-state index contributed by atoms with van der Waals surface area (Å²) in [7, 11) is 0. The van der Waals surface area contributed by atoms with Crippen LogP contribution in [0.1, 0.15) is 29.5 Å². The highest BCUT2D eigenvalue weighted by molar-refractivity contribution is 6.00. The minimum atomic E-state index is -4.51. The fourth-order valence-electron chi connectivity index (χ4n) is 4.42. The van der Waals surface area contributed by atoms with Gasteiger partial charge in [0.2, 0.25) is 0 Å². The molecule has 2 aromatic carbocycles. The number of rotatable bonds is 10. The Labute approximate surface area is 218 Å². The molecule has 0 atom stereocenters. The van der Waals surface area contributed by atoms with Crippen LogP contribution < -0.4 is 15.0 Å². The van der Waals surface area contributed by atoms with Crippen LogP contribution in [0, 0.1) is 5.82 Å². The molecule has 0 unspecified atom stereocenters. The van der Waals surface area contributed by atoms with E-state index in [9.17, 15) is 22.4 Å². The third-order valence-electron chi connectivity index (χ3n) is 6.32. The normalized spacial score (nSPS) is 14.5. The molecule has 1 fully saturated rings. The zero-order valence-electron chi connectivity index (χ0n) is 21.1. The van der Waals surface area contributed by atoms with Crippen LogP contribution in [0.5, 0.6) is 5.75 Å². The van der Waals surface area contributed by atoms with Crippen molar-refractivity contribution in [2.75, 3.05) is 50.8 Å². The van der Waals surface area contributed by atoms with Crippen LogP contribution in [0.15, 0.2) is 53.1 Å². The van der Waals surface area contributed by atoms with E-state index in [0.29, 0.717) is 61.8 Å². The SMILES string of the molecule is CCc1onc(-c2ccccc2)c1C(=O)NCCCN1CCN(c2ccc(F)cc2OCC(F)(F)F)CC1. The highest BCUT2D eigenvalue weighted by atomic mass is 19.4. The van der Waals surface area contributed by atoms with Gasteiger partial charge in [-0.3, -0.25) is 9.69 Å². The van der Waals surface area contributed by atoms with Gasteiger partial charge in [0.15, 0.2) is 6.61 Å². The Morgan fingerprint density at radius 2 is 1.84 bits per heavy atom. The van der Waals surface area contributed by atoms with Gasteiger partial charge in [0, 0.05) is 50.8 Å². The summed E-state index contributed by atoms with van der Waals surface area (Å²) in [6.07, 6.45) is -3.24. The maximum Gasteiger partial charge on any atom is 0.422 e. The largest absolute Gasteiger partial charge is 0.482 e. The number of carbonyl (C=O) groups excluding carboxylic acids is 1. The zero-order valence-corrected chi connectivity index (χ0v) is 21.1. The van der Waals surface area contributed by atoms with Gasteiger partial charge in [-0.05, 0) is 25.1 Å². The molecular formula is C27H30F4N4O3. The first kappa shape index (κ1) is 27.4. The highest BCUT2D eigenvalue weighted by Gasteiger charge is 2.30. The van der Waals surface area contributed by atoms with E-state index in [0.717, 1.165) is 24.6 Å². The molecule has 0 bridgehead atoms. The number of nitrogens with one attached hydrogen (secondary N) is 1. The Kier molecular flexibility index (Phi) is 8.88. The number of hydrogen-bond donors (Lipinski definition) is 1. The summed E-state index contributed by atoms with van der Waals surface area (Å²) < 4.78 is 61.7. The minimum Gasteiger partial charge on any atom is -0.482 e. The summed E-state index contributed by atoms with van der Waals surface area (Å²) in [4.78, 5) is 17.1. The number of alkyl halides is 3. The molecular weight excluding hydrogens is 504 g/mol. The van der Waals surface area contributed by atoms with Gasteiger partial charge < -0.3 is 19.5 Å². The molecule has 0 aliphatic carbocycles. The Balaban J connectivity index is 1.26. The van der Waals surface area contributed by atoms with E-state index in [1.54, 1.807) is 0 Å². The summed E-state index contributed by atoms with van der Waals surface area (Å²) in [5, 5.41) is 7.08. The van der Waals surface area contributed by atoms with Gasteiger partial charge >= 0.3 is 6.18 Å². The molecule has 4 rings (SSSR count). The number of carbonyl (C=O) groups is 1. The number of amides is 1. The quantitative estimate of drug-likeness (QED) is 0.294. The molecule has 1 aliphatic heterocycles. The second kappa shape index (κ2) is 12.3. The number of nitrogens with zero attached hydrogens (tertiary/aromatic N) is 3. The van der Waals surface area contributed by atoms with E-state index in [-0.39, 0.29) is 11.7 Å². The van der Waals surface area contributed by atoms with Crippen LogP contribution in [0.3, 0.4) is 0 Å². The Morgan fingerprint density at radius 1 is 1.11 bits per heavy atom. The van der Waals surface area contributed by atoms with Gasteiger partial charge in [0.25, 0.3) is 5.91 Å². The van der Waals surface area contributed by atoms with Crippen LogP contribution in [0.2, 0.25) is 0 Å². The number of aryl methyl sites for hydroxylation is 1. The third-order valence-corrected chi connectivity index (χ3v) is 6.32. The molecule has 1 saturated heterocycles. The molecule has 2 heterocycles. The highest BCUT2D eigenvalue weighted by Crippen LogP contribution is 2.31. The van der Waals surface area contributed by atoms with Crippen LogP contribution in [-0.4, -0.2) is 68.0 Å². The number of piperazine rings is 1. The summed E-state index contributed by atoms with van der Waals surface area (Å²) in [5.74, 6) is -0.459. The van der Waals surface area contributed by atoms with Gasteiger partial charge in [-0.25, -0.2) is 4.39 Å². The predicted molar refractivity (Wildman–Crippen MR) is 135 cm³/mol. The number of hydrogen-bond acceptors (Lipinski definition) is 6. The van der Waals surface area contributed by atoms with Crippen molar-refractivity contribution in [2.45, 2.75) is 25.9 Å². The van der Waals surface area contributed by atoms with Crippen LogP contribution >= 0.6 is 0 Å². The molecule has 0 spiro atoms. The van der Waals surface area contributed by atoms with Crippen LogP contribution in [-0.2, 0) is 6.42 Å². The maximum atomic E-state index is 13.6. The van der Waals surface area contributed by atoms with Crippen molar-refractivity contribution in [3.63, 3.8) is 0 Å². The van der Waals surface area contributed by atoms with Crippen molar-refractivity contribution in [1.29, 1.82) is 0 Å². The number of halogens is 4. The fraction of sp³-hybridized carbons (Fsp3) is 0.407. The Hall–Kier alpha value is -3.60. The van der Waals surface area contributed by atoms with Crippen molar-refractivity contribution in [3.8, 4) is 17.0 Å². The summed E-state index contributed by atoms with van der Waals surface area (Å²) in [5.41, 5.74) is 2.23. The van der Waals surface area contributed by atoms with Gasteiger partial charge in [-0.15, -0.1) is 0 Å². The number of benzene rings is 2. The molecule has 38 heavy (non-hydrogen) atoms. The van der Waals surface area contributed by atoms with E-state index in [2.05, 4.69) is 15.4 Å². The molecule has 1 N–H and O–H groups in total. The lowest BCUT2D eigenvalue weighted by Gasteiger charge is -2.36. The van der Waals surface area contributed by atoms with Crippen molar-refractivity contribution >= 4 is 11.6 Å². The number of anilines is 1. The lowest BCUT2D eigenvalue weighted by Crippen LogP contribution is -2.47. The van der Waals surface area contributed by atoms with E-state index in [4.69, 9.17) is 9.26 Å². The molecule has 0 radical (unpaired) electrons. The molecule has 3 aromatic rings. The third kappa shape index (κ3) is 7.03. The van der Waals surface area contributed by atoms with Crippen molar-refractivity contribution in [1.82, 2.24) is 15.4 Å². The van der Waals surface area contributed by atoms with Crippen molar-refractivity contribution in [2.24, 2.45) is 0 Å². The van der Waals surface area contributed by atoms with E-state index in [1.165, 1.54) is 12.1 Å². The monoisotopic (exact) mass is 534 g/mol. The van der Waals surface area contributed by atoms with Crippen LogP contribution in [0.4, 0.5) is 23.2 Å². The maximum absolute atomic E-state index is 13.6. The first-order valence-electron chi connectivity index (χ1n) is 12.5. The van der Waals surface area contributed by atoms with Gasteiger partial charge in [-0.2, -0.15) is 13.2 Å². The first-order valence-corrected chi connectivity index (χ1v) is 12.5. The summed E-state index contributed by atoms with van der Waals surface area (Å²) >= 11 is 0. The molecule has 1 aromatic heterocycles. The molecule has 0 saturated carbocycles. The lowest BCUT2D eigenvalue weighted by atomic mass is 10.0. The smallest absolute Gasteiger partial charge is 0.422 e. The molecule has 11 heteroatoms. The topological polar surface area (TPSA) is 70.8 Å². The molecule has 7 nitrogen and oxygen atoms in total. The predicted octanol–water partition coefficient (Wildman–Crippen LogP) is 4.93. The minimum absolute atomic E-state index is 0.117. The van der Waals surface area contributed by atoms with Crippen LogP contribution in [0.25, 0.3) is 11.3 Å². The standard InChI is InChI=1S/C27H30F4N4O3/c1-2-22-24(25(33-38-22)19-7-4-3-5-8-19)26(36)32-11-6-12-34-13-15-35(16-14-34)21-10-9-20(28)17-23(21)37-18-27(29,30)31/h3-5,7-10,17H,2,6,11-16,18H2,1H3,(H,32,36). The van der Waals surface area contributed by atoms with E-state index in [1.807, 2.05) is 42.2 Å². The van der Waals surface area contributed by atoms with Gasteiger partial charge in [0.05, 0.1) is 5.69 Å². The average Bonchev–Trinajstić information content (AvgIpc) is 3.35. The summed E-state index contributed by atoms with van der Waals surface area (Å²) in [6.45, 7) is 4.10. The Morgan fingerprint density at radius 3 is 2.53 bits per heavy atom. The zero-order chi connectivity index (χ0) is 27.1. The van der Waals surface area contributed by atoms with E-state index >= 15 is 0 Å². The fourth-order valence-corrected chi connectivity index (χ4v) is 4.42. The van der Waals surface area contributed by atoms with Crippen molar-refractivity contribution < 1.29 is 31.6 Å². The lowest BCUT2D eigenvalue weighted by molar-refractivity contribution is -0.153. The van der Waals surface area contributed by atoms with Gasteiger partial charge in [-0.1, -0.05) is 42.4 Å². The number of aromatic nitrogens is 1. The summed E-state index contributed by atoms with van der Waals surface area (Å²) in [6, 6.07) is 13.1.